The average molecular weight is 217 g/mol. The summed E-state index contributed by atoms with van der Waals surface area (Å²) in [5.41, 5.74) is 2.49. The molecule has 2 unspecified atom stereocenters. The fourth-order valence-corrected chi connectivity index (χ4v) is 3.54. The van der Waals surface area contributed by atoms with Gasteiger partial charge in [-0.3, -0.25) is 4.79 Å². The molecule has 16 heavy (non-hydrogen) atoms. The van der Waals surface area contributed by atoms with E-state index in [-0.39, 0.29) is 5.43 Å². The first-order chi connectivity index (χ1) is 7.77. The lowest BCUT2D eigenvalue weighted by Gasteiger charge is -2.39. The third-order valence-corrected chi connectivity index (χ3v) is 4.48. The Morgan fingerprint density at radius 1 is 1.25 bits per heavy atom. The van der Waals surface area contributed by atoms with Crippen LogP contribution in [0.2, 0.25) is 0 Å². The number of nitrogens with zero attached hydrogens (tertiary/aromatic N) is 1. The predicted molar refractivity (Wildman–Crippen MR) is 64.8 cm³/mol. The van der Waals surface area contributed by atoms with E-state index >= 15 is 0 Å². The molecule has 2 atom stereocenters. The largest absolute Gasteiger partial charge is 0.348 e. The molecule has 1 fully saturated rings. The van der Waals surface area contributed by atoms with Crippen molar-refractivity contribution >= 4 is 0 Å². The topological polar surface area (TPSA) is 22.0 Å². The molecule has 0 N–H and O–H groups in total. The van der Waals surface area contributed by atoms with Crippen molar-refractivity contribution in [1.82, 2.24) is 4.57 Å². The highest BCUT2D eigenvalue weighted by atomic mass is 16.1. The molecule has 0 radical (unpaired) electrons. The lowest BCUT2D eigenvalue weighted by Crippen LogP contribution is -2.32. The van der Waals surface area contributed by atoms with Crippen LogP contribution in [0.5, 0.6) is 0 Å². The molecule has 0 saturated heterocycles. The summed E-state index contributed by atoms with van der Waals surface area (Å²) in [5.74, 6) is 0.864. The van der Waals surface area contributed by atoms with Crippen LogP contribution < -0.4 is 5.43 Å². The lowest BCUT2D eigenvalue weighted by atomic mass is 9.78. The Kier molecular flexibility index (Phi) is 2.38. The van der Waals surface area contributed by atoms with Gasteiger partial charge in [-0.05, 0) is 38.5 Å². The van der Waals surface area contributed by atoms with Gasteiger partial charge >= 0.3 is 0 Å². The van der Waals surface area contributed by atoms with Crippen molar-refractivity contribution in [3.05, 3.63) is 33.7 Å². The van der Waals surface area contributed by atoms with E-state index < -0.39 is 0 Å². The van der Waals surface area contributed by atoms with E-state index in [2.05, 4.69) is 4.57 Å². The van der Waals surface area contributed by atoms with E-state index in [0.717, 1.165) is 17.9 Å². The van der Waals surface area contributed by atoms with Crippen molar-refractivity contribution in [2.45, 2.75) is 51.5 Å². The summed E-state index contributed by atoms with van der Waals surface area (Å²) in [4.78, 5) is 11.6. The summed E-state index contributed by atoms with van der Waals surface area (Å²) < 4.78 is 2.41. The molecule has 1 aromatic rings. The molecule has 2 aliphatic rings. The molecule has 0 aromatic carbocycles. The fourth-order valence-electron chi connectivity index (χ4n) is 3.54. The second-order valence-corrected chi connectivity index (χ2v) is 5.31. The summed E-state index contributed by atoms with van der Waals surface area (Å²) >= 11 is 0. The van der Waals surface area contributed by atoms with E-state index in [9.17, 15) is 4.79 Å². The van der Waals surface area contributed by atoms with Crippen LogP contribution in [0.1, 0.15) is 49.4 Å². The van der Waals surface area contributed by atoms with Crippen LogP contribution in [0.25, 0.3) is 0 Å². The molecule has 2 nitrogen and oxygen atoms in total. The molecular formula is C14H19NO. The number of hydrogen-bond donors (Lipinski definition) is 0. The maximum Gasteiger partial charge on any atom is 0.184 e. The molecule has 1 aromatic heterocycles. The molecule has 3 rings (SSSR count). The highest BCUT2D eigenvalue weighted by molar-refractivity contribution is 5.22. The van der Waals surface area contributed by atoms with Crippen molar-refractivity contribution in [2.24, 2.45) is 5.92 Å². The van der Waals surface area contributed by atoms with E-state index in [1.807, 2.05) is 13.1 Å². The van der Waals surface area contributed by atoms with Crippen LogP contribution in [0, 0.1) is 12.8 Å². The Bertz CT molecular complexity index is 460. The Hall–Kier alpha value is -1.05. The predicted octanol–water partition coefficient (Wildman–Crippen LogP) is 2.83. The minimum absolute atomic E-state index is 0.209. The number of fused-ring (bicyclic) bond motifs is 3. The summed E-state index contributed by atoms with van der Waals surface area (Å²) in [7, 11) is 0. The molecule has 2 heteroatoms. The van der Waals surface area contributed by atoms with Gasteiger partial charge in [-0.1, -0.05) is 12.8 Å². The van der Waals surface area contributed by atoms with Crippen LogP contribution in [-0.4, -0.2) is 4.57 Å². The normalized spacial score (nSPS) is 28.3. The monoisotopic (exact) mass is 217 g/mol. The van der Waals surface area contributed by atoms with Gasteiger partial charge in [0, 0.05) is 29.6 Å². The van der Waals surface area contributed by atoms with Crippen LogP contribution in [-0.2, 0) is 6.42 Å². The van der Waals surface area contributed by atoms with Crippen molar-refractivity contribution in [3.8, 4) is 0 Å². The van der Waals surface area contributed by atoms with Gasteiger partial charge in [0.1, 0.15) is 0 Å². The van der Waals surface area contributed by atoms with Gasteiger partial charge in [-0.25, -0.2) is 0 Å². The van der Waals surface area contributed by atoms with Gasteiger partial charge in [0.15, 0.2) is 5.43 Å². The van der Waals surface area contributed by atoms with E-state index in [1.165, 1.54) is 37.8 Å². The van der Waals surface area contributed by atoms with Crippen LogP contribution in [0.15, 0.2) is 17.1 Å². The molecule has 86 valence electrons. The average Bonchev–Trinajstić information content (AvgIpc) is 2.33. The zero-order chi connectivity index (χ0) is 11.1. The minimum Gasteiger partial charge on any atom is -0.348 e. The Morgan fingerprint density at radius 3 is 2.94 bits per heavy atom. The van der Waals surface area contributed by atoms with Crippen molar-refractivity contribution in [2.75, 3.05) is 0 Å². The summed E-state index contributed by atoms with van der Waals surface area (Å²) in [6, 6.07) is 2.42. The number of pyridine rings is 1. The standard InChI is InChI=1S/C14H19NO/c1-10-12-7-6-11-4-2-3-5-13(11)15(12)9-8-14(10)16/h8-9,11,13H,2-7H2,1H3. The molecule has 1 aliphatic heterocycles. The Balaban J connectivity index is 2.09. The first kappa shape index (κ1) is 10.1. The molecule has 2 heterocycles. The quantitative estimate of drug-likeness (QED) is 0.655. The molecule has 1 saturated carbocycles. The number of aromatic nitrogens is 1. The van der Waals surface area contributed by atoms with Gasteiger partial charge in [0.05, 0.1) is 0 Å². The van der Waals surface area contributed by atoms with Crippen LogP contribution in [0.4, 0.5) is 0 Å². The van der Waals surface area contributed by atoms with Crippen LogP contribution >= 0.6 is 0 Å². The van der Waals surface area contributed by atoms with Gasteiger partial charge < -0.3 is 4.57 Å². The van der Waals surface area contributed by atoms with Gasteiger partial charge in [0.2, 0.25) is 0 Å². The number of hydrogen-bond acceptors (Lipinski definition) is 1. The molecule has 0 bridgehead atoms. The number of rotatable bonds is 0. The van der Waals surface area contributed by atoms with E-state index in [1.54, 1.807) is 6.07 Å². The highest BCUT2D eigenvalue weighted by Crippen LogP contribution is 2.40. The minimum atomic E-state index is 0.209. The second-order valence-electron chi connectivity index (χ2n) is 5.31. The highest BCUT2D eigenvalue weighted by Gasteiger charge is 2.31. The SMILES string of the molecule is Cc1c2n(ccc1=O)C1CCCCC1CC2. The van der Waals surface area contributed by atoms with Gasteiger partial charge in [-0.2, -0.15) is 0 Å². The van der Waals surface area contributed by atoms with Gasteiger partial charge in [0.25, 0.3) is 0 Å². The molecule has 0 spiro atoms. The van der Waals surface area contributed by atoms with Crippen LogP contribution in [0.3, 0.4) is 0 Å². The lowest BCUT2D eigenvalue weighted by molar-refractivity contribution is 0.198. The van der Waals surface area contributed by atoms with Crippen molar-refractivity contribution < 1.29 is 0 Å². The Labute approximate surface area is 96.3 Å². The molecular weight excluding hydrogens is 198 g/mol. The molecule has 0 amide bonds. The third-order valence-electron chi connectivity index (χ3n) is 4.48. The first-order valence-electron chi connectivity index (χ1n) is 6.48. The summed E-state index contributed by atoms with van der Waals surface area (Å²) in [6.45, 7) is 1.98. The van der Waals surface area contributed by atoms with E-state index in [4.69, 9.17) is 0 Å². The zero-order valence-electron chi connectivity index (χ0n) is 9.91. The van der Waals surface area contributed by atoms with Gasteiger partial charge in [-0.15, -0.1) is 0 Å². The zero-order valence-corrected chi connectivity index (χ0v) is 9.91. The first-order valence-corrected chi connectivity index (χ1v) is 6.48. The molecule has 1 aliphatic carbocycles. The second kappa shape index (κ2) is 3.76. The Morgan fingerprint density at radius 2 is 2.06 bits per heavy atom. The van der Waals surface area contributed by atoms with Crippen molar-refractivity contribution in [3.63, 3.8) is 0 Å². The third kappa shape index (κ3) is 1.43. The van der Waals surface area contributed by atoms with Crippen molar-refractivity contribution in [1.29, 1.82) is 0 Å². The summed E-state index contributed by atoms with van der Waals surface area (Å²) in [6.07, 6.45) is 9.86. The smallest absolute Gasteiger partial charge is 0.184 e. The maximum atomic E-state index is 11.6. The fraction of sp³-hybridized carbons (Fsp3) is 0.643. The maximum absolute atomic E-state index is 11.6. The van der Waals surface area contributed by atoms with E-state index in [0.29, 0.717) is 6.04 Å². The summed E-state index contributed by atoms with van der Waals surface area (Å²) in [5, 5.41) is 0.